The summed E-state index contributed by atoms with van der Waals surface area (Å²) < 4.78 is 46.3. The largest absolute Gasteiger partial charge is 1.00 e. The van der Waals surface area contributed by atoms with E-state index < -0.39 is 54.7 Å². The fourth-order valence-corrected chi connectivity index (χ4v) is 3.23. The maximum absolute atomic E-state index is 11.4. The zero-order valence-electron chi connectivity index (χ0n) is 17.1. The summed E-state index contributed by atoms with van der Waals surface area (Å²) in [7, 11) is -17.3. The molecular weight excluding hydrogens is 538 g/mol. The molecule has 14 nitrogen and oxygen atoms in total. The summed E-state index contributed by atoms with van der Waals surface area (Å²) >= 11 is 0. The molecule has 132 valence electrons. The summed E-state index contributed by atoms with van der Waals surface area (Å²) in [6.45, 7) is -1.18. The predicted molar refractivity (Wildman–Crippen MR) is 47.2 cm³/mol. The molecule has 1 aliphatic rings. The Hall–Kier alpha value is 7.25. The van der Waals surface area contributed by atoms with Gasteiger partial charge >= 0.3 is 207 Å². The van der Waals surface area contributed by atoms with Gasteiger partial charge in [-0.1, -0.05) is 6.10 Å². The van der Waals surface area contributed by atoms with Crippen molar-refractivity contribution in [1.82, 2.24) is 0 Å². The van der Waals surface area contributed by atoms with Crippen molar-refractivity contribution in [3.8, 4) is 0 Å². The van der Waals surface area contributed by atoms with Crippen LogP contribution in [0, 0.1) is 0 Å². The Morgan fingerprint density at radius 1 is 0.724 bits per heavy atom. The topological polar surface area (TPSA) is 250 Å². The molecule has 0 aromatic heterocycles. The van der Waals surface area contributed by atoms with Crippen LogP contribution in [-0.4, -0.2) is 31.2 Å². The Morgan fingerprint density at radius 3 is 1.48 bits per heavy atom. The summed E-state index contributed by atoms with van der Waals surface area (Å²) in [5.41, 5.74) is 0. The van der Waals surface area contributed by atoms with Gasteiger partial charge in [0.15, 0.2) is 6.29 Å². The second-order valence-electron chi connectivity index (χ2n) is 3.80. The van der Waals surface area contributed by atoms with Crippen molar-refractivity contribution in [3.63, 3.8) is 0 Å². The van der Waals surface area contributed by atoms with Crippen LogP contribution in [0.3, 0.4) is 0 Å². The van der Waals surface area contributed by atoms with E-state index in [2.05, 4.69) is 18.1 Å². The van der Waals surface area contributed by atoms with Crippen LogP contribution in [0.5, 0.6) is 0 Å². The third-order valence-corrected chi connectivity index (χ3v) is 4.63. The van der Waals surface area contributed by atoms with Gasteiger partial charge < -0.3 is 53.1 Å². The average Bonchev–Trinajstić information content (AvgIpc) is 2.49. The summed E-state index contributed by atoms with van der Waals surface area (Å²) in [6.07, 6.45) is -9.03. The Labute approximate surface area is 321 Å². The van der Waals surface area contributed by atoms with E-state index in [-0.39, 0.29) is 207 Å². The molecule has 0 aliphatic carbocycles. The third-order valence-electron chi connectivity index (χ3n) is 2.10. The molecule has 1 fully saturated rings. The maximum atomic E-state index is 11.4. The Kier molecular flexibility index (Phi) is 42.1. The number of ether oxygens (including phenoxy) is 1. The molecule has 1 unspecified atom stereocenters. The molecule has 0 spiro atoms. The first-order valence-corrected chi connectivity index (χ1v) is 9.45. The van der Waals surface area contributed by atoms with Crippen molar-refractivity contribution in [2.45, 2.75) is 24.6 Å². The summed E-state index contributed by atoms with van der Waals surface area (Å²) in [5, 5.41) is 22.8. The van der Waals surface area contributed by atoms with Crippen LogP contribution in [-0.2, 0) is 31.8 Å². The van der Waals surface area contributed by atoms with Crippen LogP contribution in [0.15, 0.2) is 0 Å². The number of hydrogen-bond acceptors (Lipinski definition) is 14. The molecule has 0 bridgehead atoms. The van der Waals surface area contributed by atoms with Crippen LogP contribution in [0.2, 0.25) is 0 Å². The second-order valence-corrected chi connectivity index (χ2v) is 7.60. The molecule has 24 heteroatoms. The molecule has 5 atom stereocenters. The Morgan fingerprint density at radius 2 is 1.14 bits per heavy atom. The monoisotopic (exact) mass is 544 g/mol. The zero-order chi connectivity index (χ0) is 17.3. The van der Waals surface area contributed by atoms with Gasteiger partial charge in [0.25, 0.3) is 7.82 Å². The van der Waals surface area contributed by atoms with E-state index in [1.807, 2.05) is 0 Å². The first-order valence-electron chi connectivity index (χ1n) is 5.07. The van der Waals surface area contributed by atoms with E-state index in [9.17, 15) is 48.4 Å². The van der Waals surface area contributed by atoms with E-state index in [1.54, 1.807) is 0 Å². The maximum Gasteiger partial charge on any atom is 1.00 e. The minimum Gasteiger partial charge on any atom is -0.851 e. The molecule has 0 aromatic rings. The van der Waals surface area contributed by atoms with Gasteiger partial charge in [-0.2, -0.15) is 0 Å². The normalized spacial score (nSPS) is 24.9. The van der Waals surface area contributed by atoms with Gasteiger partial charge in [-0.3, -0.25) is 13.4 Å². The van der Waals surface area contributed by atoms with Gasteiger partial charge in [-0.25, -0.2) is 0 Å². The van der Waals surface area contributed by atoms with E-state index in [1.165, 1.54) is 0 Å². The number of rotatable bonds is 7. The standard InChI is InChI=1S/C5H11O14P3.7Na/c6-3-2(1-16-20(8,9)10)17-5(4(3)7)18-22(14,15)19-21(11,12)13;;;;;;;/h2-5H,1H2,(H,14,15)(H2,8,9,10)(H2,11,12,13);;;;;;;/q-2;7*+1/p-5/t2-,3-,4-,5-;;;;;;;/m1......./s1. The predicted octanol–water partition coefficient (Wildman–Crippen LogP) is -27.6. The van der Waals surface area contributed by atoms with E-state index in [0.29, 0.717) is 0 Å². The molecule has 0 saturated carbocycles. The van der Waals surface area contributed by atoms with Gasteiger partial charge in [-0.15, -0.1) is 6.10 Å². The van der Waals surface area contributed by atoms with Gasteiger partial charge in [0.1, 0.15) is 0 Å². The van der Waals surface area contributed by atoms with Crippen molar-refractivity contribution in [2.24, 2.45) is 0 Å². The van der Waals surface area contributed by atoms with Crippen LogP contribution >= 0.6 is 23.5 Å². The Balaban J connectivity index is -0.000000138. The van der Waals surface area contributed by atoms with E-state index in [4.69, 9.17) is 0 Å². The van der Waals surface area contributed by atoms with Crippen LogP contribution < -0.4 is 242 Å². The number of phosphoric ester groups is 2. The molecule has 0 radical (unpaired) electrons. The minimum absolute atomic E-state index is 0. The fraction of sp³-hybridized carbons (Fsp3) is 1.00. The van der Waals surface area contributed by atoms with Crippen LogP contribution in [0.25, 0.3) is 0 Å². The smallest absolute Gasteiger partial charge is 0.851 e. The SMILES string of the molecule is O=P([O-])([O-])OC[C@H]1O[C@H](OP(=O)([O-])OP(=O)([O-])[O-])[C@H]([O-])[C@@H]1[O-].[Na+].[Na+].[Na+].[Na+].[Na+].[Na+].[Na+]. The van der Waals surface area contributed by atoms with Crippen molar-refractivity contribution in [1.29, 1.82) is 0 Å². The summed E-state index contributed by atoms with van der Waals surface area (Å²) in [5.74, 6) is 0. The van der Waals surface area contributed by atoms with Gasteiger partial charge in [0.05, 0.1) is 28.4 Å². The average molecular weight is 544 g/mol. The fourth-order valence-electron chi connectivity index (χ4n) is 1.35. The summed E-state index contributed by atoms with van der Waals surface area (Å²) in [6, 6.07) is 0. The molecule has 0 N–H and O–H groups in total. The first-order chi connectivity index (χ1) is 9.70. The van der Waals surface area contributed by atoms with Crippen molar-refractivity contribution < 1.29 is 273 Å². The van der Waals surface area contributed by atoms with Crippen LogP contribution in [0.1, 0.15) is 0 Å². The van der Waals surface area contributed by atoms with Crippen LogP contribution in [0.4, 0.5) is 0 Å². The minimum atomic E-state index is -6.01. The second kappa shape index (κ2) is 23.2. The molecule has 1 aliphatic heterocycles. The third kappa shape index (κ3) is 24.1. The van der Waals surface area contributed by atoms with E-state index >= 15 is 0 Å². The Bertz CT molecular complexity index is 544. The quantitative estimate of drug-likeness (QED) is 0.213. The zero-order valence-corrected chi connectivity index (χ0v) is 33.8. The number of hydrogen-bond donors (Lipinski definition) is 0. The van der Waals surface area contributed by atoms with Gasteiger partial charge in [-0.05, 0) is 0 Å². The van der Waals surface area contributed by atoms with E-state index in [0.717, 1.165) is 0 Å². The van der Waals surface area contributed by atoms with Crippen molar-refractivity contribution in [2.75, 3.05) is 6.61 Å². The molecule has 1 heterocycles. The van der Waals surface area contributed by atoms with Crippen molar-refractivity contribution >= 4 is 23.5 Å². The molecular formula is C5H6Na7O14P3. The molecule has 0 aromatic carbocycles. The molecule has 1 saturated heterocycles. The molecule has 0 amide bonds. The first kappa shape index (κ1) is 52.6. The molecule has 1 rings (SSSR count). The van der Waals surface area contributed by atoms with Gasteiger partial charge in [0, 0.05) is 0 Å². The summed E-state index contributed by atoms with van der Waals surface area (Å²) in [4.78, 5) is 51.7. The number of phosphoric acid groups is 3. The van der Waals surface area contributed by atoms with Gasteiger partial charge in [0.2, 0.25) is 0 Å². The molecule has 29 heavy (non-hydrogen) atoms. The van der Waals surface area contributed by atoms with Crippen molar-refractivity contribution in [3.05, 3.63) is 0 Å².